The van der Waals surface area contributed by atoms with E-state index in [2.05, 4.69) is 5.32 Å². The smallest absolute Gasteiger partial charge is 0.249 e. The average molecular weight is 271 g/mol. The lowest BCUT2D eigenvalue weighted by Gasteiger charge is -2.24. The molecular formula is C12H15ClN2OS. The van der Waals surface area contributed by atoms with Gasteiger partial charge in [-0.3, -0.25) is 4.79 Å². The van der Waals surface area contributed by atoms with E-state index in [9.17, 15) is 4.79 Å². The largest absolute Gasteiger partial charge is 0.337 e. The van der Waals surface area contributed by atoms with Crippen molar-refractivity contribution in [2.45, 2.75) is 13.5 Å². The van der Waals surface area contributed by atoms with Crippen LogP contribution in [-0.4, -0.2) is 30.9 Å². The van der Waals surface area contributed by atoms with Crippen molar-refractivity contribution in [2.24, 2.45) is 0 Å². The lowest BCUT2D eigenvalue weighted by atomic mass is 10.0. The highest BCUT2D eigenvalue weighted by molar-refractivity contribution is 7.16. The minimum absolute atomic E-state index is 0.103. The second-order valence-electron chi connectivity index (χ2n) is 4.20. The molecular weight excluding hydrogens is 256 g/mol. The van der Waals surface area contributed by atoms with Crippen molar-refractivity contribution >= 4 is 28.8 Å². The molecule has 1 amide bonds. The van der Waals surface area contributed by atoms with Gasteiger partial charge in [-0.15, -0.1) is 11.3 Å². The SMILES string of the molecule is CC(C(=O)N(C)Cc1ccc(Cl)s1)=C1CNC1. The maximum absolute atomic E-state index is 12.1. The highest BCUT2D eigenvalue weighted by atomic mass is 35.5. The van der Waals surface area contributed by atoms with E-state index < -0.39 is 0 Å². The van der Waals surface area contributed by atoms with Crippen LogP contribution in [0.3, 0.4) is 0 Å². The summed E-state index contributed by atoms with van der Waals surface area (Å²) in [6.07, 6.45) is 0. The molecule has 2 heterocycles. The van der Waals surface area contributed by atoms with Gasteiger partial charge in [-0.1, -0.05) is 11.6 Å². The fraction of sp³-hybridized carbons (Fsp3) is 0.417. The van der Waals surface area contributed by atoms with Gasteiger partial charge in [0.25, 0.3) is 0 Å². The van der Waals surface area contributed by atoms with Crippen LogP contribution in [-0.2, 0) is 11.3 Å². The van der Waals surface area contributed by atoms with Gasteiger partial charge in [-0.25, -0.2) is 0 Å². The number of amides is 1. The zero-order valence-corrected chi connectivity index (χ0v) is 11.5. The van der Waals surface area contributed by atoms with E-state index in [0.29, 0.717) is 6.54 Å². The highest BCUT2D eigenvalue weighted by Gasteiger charge is 2.19. The van der Waals surface area contributed by atoms with Crippen LogP contribution >= 0.6 is 22.9 Å². The van der Waals surface area contributed by atoms with Gasteiger partial charge in [-0.2, -0.15) is 0 Å². The van der Waals surface area contributed by atoms with Crippen molar-refractivity contribution in [3.05, 3.63) is 32.5 Å². The number of carbonyl (C=O) groups excluding carboxylic acids is 1. The lowest BCUT2D eigenvalue weighted by Crippen LogP contribution is -2.38. The molecule has 1 aliphatic heterocycles. The van der Waals surface area contributed by atoms with E-state index in [0.717, 1.165) is 27.9 Å². The second-order valence-corrected chi connectivity index (χ2v) is 6.00. The van der Waals surface area contributed by atoms with E-state index in [1.165, 1.54) is 16.9 Å². The molecule has 0 radical (unpaired) electrons. The normalized spacial score (nSPS) is 14.4. The third kappa shape index (κ3) is 2.89. The number of thiophene rings is 1. The maximum Gasteiger partial charge on any atom is 0.249 e. The Hall–Kier alpha value is -0.840. The van der Waals surface area contributed by atoms with Gasteiger partial charge >= 0.3 is 0 Å². The molecule has 1 fully saturated rings. The predicted octanol–water partition coefficient (Wildman–Crippen LogP) is 2.28. The summed E-state index contributed by atoms with van der Waals surface area (Å²) in [6, 6.07) is 3.82. The molecule has 92 valence electrons. The molecule has 3 nitrogen and oxygen atoms in total. The Kier molecular flexibility index (Phi) is 3.86. The molecule has 5 heteroatoms. The number of nitrogens with one attached hydrogen (secondary N) is 1. The Balaban J connectivity index is 2.00. The topological polar surface area (TPSA) is 32.3 Å². The quantitative estimate of drug-likeness (QED) is 0.855. The zero-order chi connectivity index (χ0) is 12.4. The van der Waals surface area contributed by atoms with Crippen molar-refractivity contribution in [1.29, 1.82) is 0 Å². The molecule has 0 aliphatic carbocycles. The first kappa shape index (κ1) is 12.6. The molecule has 1 saturated heterocycles. The summed E-state index contributed by atoms with van der Waals surface area (Å²) >= 11 is 7.38. The van der Waals surface area contributed by atoms with Gasteiger partial charge in [-0.05, 0) is 24.6 Å². The number of rotatable bonds is 3. The van der Waals surface area contributed by atoms with Crippen LogP contribution in [0.1, 0.15) is 11.8 Å². The fourth-order valence-electron chi connectivity index (χ4n) is 1.69. The van der Waals surface area contributed by atoms with E-state index in [1.807, 2.05) is 26.1 Å². The minimum atomic E-state index is 0.103. The molecule has 0 aromatic carbocycles. The molecule has 0 spiro atoms. The fourth-order valence-corrected chi connectivity index (χ4v) is 2.84. The summed E-state index contributed by atoms with van der Waals surface area (Å²) < 4.78 is 0.763. The second kappa shape index (κ2) is 5.21. The Morgan fingerprint density at radius 2 is 2.24 bits per heavy atom. The van der Waals surface area contributed by atoms with Crippen LogP contribution in [0, 0.1) is 0 Å². The van der Waals surface area contributed by atoms with E-state index in [4.69, 9.17) is 11.6 Å². The van der Waals surface area contributed by atoms with Crippen LogP contribution < -0.4 is 5.32 Å². The maximum atomic E-state index is 12.1. The first-order chi connectivity index (χ1) is 8.08. The summed E-state index contributed by atoms with van der Waals surface area (Å²) in [4.78, 5) is 14.9. The van der Waals surface area contributed by atoms with Crippen LogP contribution in [0.4, 0.5) is 0 Å². The van der Waals surface area contributed by atoms with E-state index in [-0.39, 0.29) is 5.91 Å². The van der Waals surface area contributed by atoms with Gasteiger partial charge in [0.05, 0.1) is 10.9 Å². The summed E-state index contributed by atoms with van der Waals surface area (Å²) in [7, 11) is 1.83. The molecule has 0 saturated carbocycles. The van der Waals surface area contributed by atoms with E-state index in [1.54, 1.807) is 4.90 Å². The monoisotopic (exact) mass is 270 g/mol. The number of hydrogen-bond acceptors (Lipinski definition) is 3. The highest BCUT2D eigenvalue weighted by Crippen LogP contribution is 2.23. The summed E-state index contributed by atoms with van der Waals surface area (Å²) in [5.41, 5.74) is 2.08. The van der Waals surface area contributed by atoms with Gasteiger partial charge in [0, 0.05) is 30.6 Å². The Labute approximate surface area is 110 Å². The van der Waals surface area contributed by atoms with Crippen molar-refractivity contribution in [1.82, 2.24) is 10.2 Å². The Morgan fingerprint density at radius 3 is 2.71 bits per heavy atom. The van der Waals surface area contributed by atoms with Gasteiger partial charge in [0.2, 0.25) is 5.91 Å². The molecule has 17 heavy (non-hydrogen) atoms. The van der Waals surface area contributed by atoms with Crippen LogP contribution in [0.15, 0.2) is 23.3 Å². The zero-order valence-electron chi connectivity index (χ0n) is 9.92. The average Bonchev–Trinajstić information content (AvgIpc) is 2.60. The van der Waals surface area contributed by atoms with E-state index >= 15 is 0 Å². The Bertz CT molecular complexity index is 461. The van der Waals surface area contributed by atoms with Gasteiger partial charge < -0.3 is 10.2 Å². The lowest BCUT2D eigenvalue weighted by molar-refractivity contribution is -0.126. The molecule has 2 rings (SSSR count). The van der Waals surface area contributed by atoms with Gasteiger partial charge in [0.1, 0.15) is 0 Å². The van der Waals surface area contributed by atoms with Crippen molar-refractivity contribution in [3.63, 3.8) is 0 Å². The molecule has 0 bridgehead atoms. The summed E-state index contributed by atoms with van der Waals surface area (Å²) in [5, 5.41) is 3.14. The predicted molar refractivity (Wildman–Crippen MR) is 71.4 cm³/mol. The molecule has 0 atom stereocenters. The molecule has 1 N–H and O–H groups in total. The van der Waals surface area contributed by atoms with Crippen molar-refractivity contribution in [3.8, 4) is 0 Å². The number of halogens is 1. The third-order valence-corrected chi connectivity index (χ3v) is 4.11. The van der Waals surface area contributed by atoms with Crippen molar-refractivity contribution in [2.75, 3.05) is 20.1 Å². The van der Waals surface area contributed by atoms with Crippen LogP contribution in [0.25, 0.3) is 0 Å². The van der Waals surface area contributed by atoms with Crippen molar-refractivity contribution < 1.29 is 4.79 Å². The molecule has 0 unspecified atom stereocenters. The first-order valence-electron chi connectivity index (χ1n) is 5.47. The third-order valence-electron chi connectivity index (χ3n) is 2.90. The minimum Gasteiger partial charge on any atom is -0.337 e. The summed E-state index contributed by atoms with van der Waals surface area (Å²) in [5.74, 6) is 0.103. The molecule has 1 aromatic rings. The standard InChI is InChI=1S/C12H15ClN2OS/c1-8(9-5-14-6-9)12(16)15(2)7-10-3-4-11(13)17-10/h3-4,14H,5-7H2,1-2H3. The number of carbonyl (C=O) groups is 1. The summed E-state index contributed by atoms with van der Waals surface area (Å²) in [6.45, 7) is 4.21. The molecule has 1 aromatic heterocycles. The number of nitrogens with zero attached hydrogens (tertiary/aromatic N) is 1. The number of likely N-dealkylation sites (N-methyl/N-ethyl adjacent to an activating group) is 1. The van der Waals surface area contributed by atoms with Crippen LogP contribution in [0.2, 0.25) is 4.34 Å². The Morgan fingerprint density at radius 1 is 1.53 bits per heavy atom. The molecule has 1 aliphatic rings. The van der Waals surface area contributed by atoms with Gasteiger partial charge in [0.15, 0.2) is 0 Å². The number of hydrogen-bond donors (Lipinski definition) is 1. The van der Waals surface area contributed by atoms with Crippen LogP contribution in [0.5, 0.6) is 0 Å². The first-order valence-corrected chi connectivity index (χ1v) is 6.66.